The van der Waals surface area contributed by atoms with E-state index in [1.807, 2.05) is 19.2 Å². The fourth-order valence-electron chi connectivity index (χ4n) is 5.28. The molecule has 10 nitrogen and oxygen atoms in total. The quantitative estimate of drug-likeness (QED) is 0.368. The maximum atomic E-state index is 11.4. The van der Waals surface area contributed by atoms with Crippen LogP contribution in [-0.4, -0.2) is 92.9 Å². The maximum Gasteiger partial charge on any atom is 0.335 e. The fourth-order valence-corrected chi connectivity index (χ4v) is 5.28. The van der Waals surface area contributed by atoms with E-state index < -0.39 is 48.2 Å². The Morgan fingerprint density at radius 3 is 2.72 bits per heavy atom. The SMILES string of the molecule is CN1CC[C@@]23C=C[C@@H](O)C[C@@H]2Oc2c(O[C@@H]4O[C@H](C(=O)O)[C@@H](O)[C@H](O)[C@H]4O)ccc(c23)C1. The number of rotatable bonds is 3. The van der Waals surface area contributed by atoms with Crippen molar-refractivity contribution >= 4 is 5.97 Å². The molecule has 4 aliphatic rings. The first kappa shape index (κ1) is 21.6. The van der Waals surface area contributed by atoms with Gasteiger partial charge >= 0.3 is 5.97 Å². The number of carbonyl (C=O) groups is 1. The lowest BCUT2D eigenvalue weighted by Gasteiger charge is -2.38. The zero-order chi connectivity index (χ0) is 22.8. The second-order valence-corrected chi connectivity index (χ2v) is 9.08. The van der Waals surface area contributed by atoms with Crippen molar-refractivity contribution in [3.63, 3.8) is 0 Å². The van der Waals surface area contributed by atoms with Crippen molar-refractivity contribution in [1.29, 1.82) is 0 Å². The van der Waals surface area contributed by atoms with Gasteiger partial charge in [0, 0.05) is 18.5 Å². The van der Waals surface area contributed by atoms with Crippen LogP contribution in [0, 0.1) is 0 Å². The highest BCUT2D eigenvalue weighted by molar-refractivity contribution is 5.73. The van der Waals surface area contributed by atoms with Crippen LogP contribution in [0.5, 0.6) is 11.5 Å². The van der Waals surface area contributed by atoms with Crippen molar-refractivity contribution in [1.82, 2.24) is 4.90 Å². The normalized spacial score (nSPS) is 40.7. The van der Waals surface area contributed by atoms with Crippen molar-refractivity contribution in [2.24, 2.45) is 0 Å². The van der Waals surface area contributed by atoms with Crippen molar-refractivity contribution in [3.05, 3.63) is 35.4 Å². The van der Waals surface area contributed by atoms with E-state index in [9.17, 15) is 30.3 Å². The van der Waals surface area contributed by atoms with Crippen LogP contribution in [0.4, 0.5) is 0 Å². The highest BCUT2D eigenvalue weighted by atomic mass is 16.7. The van der Waals surface area contributed by atoms with E-state index in [0.717, 1.165) is 24.1 Å². The summed E-state index contributed by atoms with van der Waals surface area (Å²) in [6, 6.07) is 3.57. The van der Waals surface area contributed by atoms with Crippen molar-refractivity contribution in [2.75, 3.05) is 13.6 Å². The smallest absolute Gasteiger partial charge is 0.335 e. The van der Waals surface area contributed by atoms with Crippen molar-refractivity contribution in [3.8, 4) is 11.5 Å². The second kappa shape index (κ2) is 7.68. The van der Waals surface area contributed by atoms with Gasteiger partial charge in [0.25, 0.3) is 0 Å². The molecular weight excluding hydrogens is 422 g/mol. The molecule has 174 valence electrons. The van der Waals surface area contributed by atoms with E-state index in [0.29, 0.717) is 18.7 Å². The Balaban J connectivity index is 1.53. The molecule has 1 fully saturated rings. The monoisotopic (exact) mass is 449 g/mol. The number of benzene rings is 1. The highest BCUT2D eigenvalue weighted by Crippen LogP contribution is 2.56. The average Bonchev–Trinajstić information content (AvgIpc) is 3.01. The topological polar surface area (TPSA) is 149 Å². The number of carboxylic acids is 1. The van der Waals surface area contributed by atoms with E-state index in [1.54, 1.807) is 12.1 Å². The maximum absolute atomic E-state index is 11.4. The van der Waals surface area contributed by atoms with Crippen LogP contribution in [0.25, 0.3) is 0 Å². The van der Waals surface area contributed by atoms with Crippen LogP contribution >= 0.6 is 0 Å². The van der Waals surface area contributed by atoms with Crippen LogP contribution < -0.4 is 9.47 Å². The molecule has 0 aromatic heterocycles. The fraction of sp³-hybridized carbons (Fsp3) is 0.591. The first-order valence-corrected chi connectivity index (χ1v) is 10.7. The minimum absolute atomic E-state index is 0.238. The standard InChI is InChI=1S/C22H27NO9/c1-23-7-6-22-5-4-11(24)8-13(22)31-18-12(3-2-10(9-23)14(18)22)30-21-17(27)15(25)16(26)19(32-21)20(28)29/h2-5,11,13,15-17,19,21,24-27H,6-9H2,1H3,(H,28,29)/t11-,13+,15+,16+,17-,19+,21-,22+/m1/s1. The first-order valence-electron chi connectivity index (χ1n) is 10.7. The number of hydrogen-bond acceptors (Lipinski definition) is 9. The Morgan fingerprint density at radius 1 is 1.19 bits per heavy atom. The summed E-state index contributed by atoms with van der Waals surface area (Å²) in [7, 11) is 2.04. The zero-order valence-corrected chi connectivity index (χ0v) is 17.5. The lowest BCUT2D eigenvalue weighted by atomic mass is 9.69. The van der Waals surface area contributed by atoms with Crippen LogP contribution in [0.1, 0.15) is 24.0 Å². The van der Waals surface area contributed by atoms with Gasteiger partial charge in [0.05, 0.1) is 11.5 Å². The largest absolute Gasteiger partial charge is 0.485 e. The predicted octanol–water partition coefficient (Wildman–Crippen LogP) is -0.887. The summed E-state index contributed by atoms with van der Waals surface area (Å²) in [5.41, 5.74) is 1.58. The lowest BCUT2D eigenvalue weighted by Crippen LogP contribution is -2.61. The van der Waals surface area contributed by atoms with Gasteiger partial charge in [0.1, 0.15) is 24.4 Å². The lowest BCUT2D eigenvalue weighted by molar-refractivity contribution is -0.271. The number of hydrogen-bond donors (Lipinski definition) is 5. The molecule has 5 rings (SSSR count). The summed E-state index contributed by atoms with van der Waals surface area (Å²) in [6.45, 7) is 1.53. The van der Waals surface area contributed by atoms with E-state index in [2.05, 4.69) is 4.90 Å². The van der Waals surface area contributed by atoms with Crippen LogP contribution in [-0.2, 0) is 21.5 Å². The molecular formula is C22H27NO9. The Morgan fingerprint density at radius 2 is 1.97 bits per heavy atom. The Kier molecular flexibility index (Phi) is 5.19. The molecule has 10 heteroatoms. The third-order valence-electron chi connectivity index (χ3n) is 6.98. The van der Waals surface area contributed by atoms with Gasteiger partial charge in [0.15, 0.2) is 17.6 Å². The number of aliphatic carboxylic acids is 1. The molecule has 1 spiro atoms. The minimum atomic E-state index is -1.80. The van der Waals surface area contributed by atoms with Gasteiger partial charge in [0.2, 0.25) is 6.29 Å². The Bertz CT molecular complexity index is 952. The minimum Gasteiger partial charge on any atom is -0.485 e. The summed E-state index contributed by atoms with van der Waals surface area (Å²) in [4.78, 5) is 13.6. The van der Waals surface area contributed by atoms with Gasteiger partial charge in [-0.2, -0.15) is 0 Å². The summed E-state index contributed by atoms with van der Waals surface area (Å²) in [6.07, 6.45) is -4.42. The van der Waals surface area contributed by atoms with E-state index in [-0.39, 0.29) is 11.9 Å². The number of nitrogens with zero attached hydrogens (tertiary/aromatic N) is 1. The summed E-state index contributed by atoms with van der Waals surface area (Å²) < 4.78 is 17.4. The molecule has 0 amide bonds. The van der Waals surface area contributed by atoms with Gasteiger partial charge in [-0.25, -0.2) is 4.79 Å². The molecule has 0 saturated carbocycles. The molecule has 1 aliphatic carbocycles. The average molecular weight is 449 g/mol. The molecule has 3 heterocycles. The van der Waals surface area contributed by atoms with Gasteiger partial charge in [-0.1, -0.05) is 18.2 Å². The number of aliphatic hydroxyl groups is 4. The van der Waals surface area contributed by atoms with Gasteiger partial charge in [-0.05, 0) is 31.6 Å². The molecule has 3 aliphatic heterocycles. The molecule has 8 atom stereocenters. The second-order valence-electron chi connectivity index (χ2n) is 9.08. The van der Waals surface area contributed by atoms with Crippen molar-refractivity contribution in [2.45, 2.75) is 67.7 Å². The summed E-state index contributed by atoms with van der Waals surface area (Å²) in [5.74, 6) is -0.779. The highest BCUT2D eigenvalue weighted by Gasteiger charge is 2.53. The van der Waals surface area contributed by atoms with E-state index >= 15 is 0 Å². The Hall–Kier alpha value is -2.21. The molecule has 0 bridgehead atoms. The van der Waals surface area contributed by atoms with Crippen LogP contribution in [0.2, 0.25) is 0 Å². The predicted molar refractivity (Wildman–Crippen MR) is 108 cm³/mol. The molecule has 0 unspecified atom stereocenters. The Labute approximate surface area is 184 Å². The van der Waals surface area contributed by atoms with E-state index in [4.69, 9.17) is 14.2 Å². The third kappa shape index (κ3) is 3.21. The molecule has 1 aromatic carbocycles. The number of aliphatic hydroxyl groups excluding tert-OH is 4. The van der Waals surface area contributed by atoms with Crippen LogP contribution in [0.15, 0.2) is 24.3 Å². The summed E-state index contributed by atoms with van der Waals surface area (Å²) in [5, 5.41) is 49.9. The zero-order valence-electron chi connectivity index (χ0n) is 17.5. The van der Waals surface area contributed by atoms with E-state index in [1.165, 1.54) is 0 Å². The number of ether oxygens (including phenoxy) is 3. The third-order valence-corrected chi connectivity index (χ3v) is 6.98. The summed E-state index contributed by atoms with van der Waals surface area (Å²) >= 11 is 0. The van der Waals surface area contributed by atoms with Crippen LogP contribution in [0.3, 0.4) is 0 Å². The van der Waals surface area contributed by atoms with Gasteiger partial charge in [-0.15, -0.1) is 0 Å². The molecule has 1 saturated heterocycles. The molecule has 32 heavy (non-hydrogen) atoms. The van der Waals surface area contributed by atoms with Gasteiger partial charge < -0.3 is 44.6 Å². The molecule has 0 radical (unpaired) electrons. The molecule has 5 N–H and O–H groups in total. The molecule has 1 aromatic rings. The first-order chi connectivity index (χ1) is 15.2. The van der Waals surface area contributed by atoms with Crippen molar-refractivity contribution < 1.29 is 44.5 Å². The van der Waals surface area contributed by atoms with Gasteiger partial charge in [-0.3, -0.25) is 0 Å². The number of carboxylic acid groups (broad SMARTS) is 1.